The van der Waals surface area contributed by atoms with Crippen LogP contribution in [0.2, 0.25) is 0 Å². The summed E-state index contributed by atoms with van der Waals surface area (Å²) < 4.78 is 25.1. The lowest BCUT2D eigenvalue weighted by molar-refractivity contribution is -0.142. The minimum Gasteiger partial charge on any atom is -0.490 e. The van der Waals surface area contributed by atoms with Crippen molar-refractivity contribution in [3.8, 4) is 17.2 Å². The molecule has 0 radical (unpaired) electrons. The number of hydrogen-bond donors (Lipinski definition) is 0. The van der Waals surface area contributed by atoms with Gasteiger partial charge in [0.25, 0.3) is 0 Å². The van der Waals surface area contributed by atoms with Crippen LogP contribution in [0.5, 0.6) is 17.2 Å². The molecule has 1 atom stereocenters. The molecule has 1 rings (SSSR count). The molecule has 0 saturated carbocycles. The van der Waals surface area contributed by atoms with Crippen molar-refractivity contribution < 1.29 is 23.7 Å². The molecule has 1 aromatic rings. The van der Waals surface area contributed by atoms with E-state index in [-0.39, 0.29) is 12.1 Å². The van der Waals surface area contributed by atoms with Crippen molar-refractivity contribution in [1.82, 2.24) is 0 Å². The molecule has 0 saturated heterocycles. The Labute approximate surface area is 335 Å². The summed E-state index contributed by atoms with van der Waals surface area (Å²) >= 11 is 0. The third kappa shape index (κ3) is 28.3. The molecule has 0 aliphatic heterocycles. The van der Waals surface area contributed by atoms with Crippen molar-refractivity contribution in [2.24, 2.45) is 0 Å². The highest BCUT2D eigenvalue weighted by atomic mass is 16.5. The minimum absolute atomic E-state index is 0.115. The Morgan fingerprint density at radius 3 is 1.22 bits per heavy atom. The highest BCUT2D eigenvalue weighted by Crippen LogP contribution is 2.41. The average Bonchev–Trinajstić information content (AvgIpc) is 3.17. The number of carbonyl (C=O) groups excluding carboxylic acids is 1. The maximum Gasteiger partial charge on any atom is 0.331 e. The Balaban J connectivity index is 2.90. The van der Waals surface area contributed by atoms with Gasteiger partial charge in [-0.25, -0.2) is 4.79 Å². The van der Waals surface area contributed by atoms with Crippen LogP contribution in [0.25, 0.3) is 6.08 Å². The van der Waals surface area contributed by atoms with E-state index < -0.39 is 0 Å². The number of carbonyl (C=O) groups is 1. The lowest BCUT2D eigenvalue weighted by Crippen LogP contribution is -2.11. The van der Waals surface area contributed by atoms with E-state index in [1.165, 1.54) is 173 Å². The highest BCUT2D eigenvalue weighted by Gasteiger charge is 2.18. The third-order valence-corrected chi connectivity index (χ3v) is 10.6. The van der Waals surface area contributed by atoms with Crippen molar-refractivity contribution in [2.75, 3.05) is 19.8 Å². The van der Waals surface area contributed by atoms with Crippen molar-refractivity contribution in [3.63, 3.8) is 0 Å². The molecule has 1 aromatic carbocycles. The molecule has 0 aliphatic rings. The SMILES string of the molecule is CCCCCCCCCCCCOc1ccc(C=CC(=O)OC(C)CC)c(OCCCCCCCCCCCC)c1OCCCCCCCCCCCC. The fraction of sp³-hybridized carbons (Fsp3) is 0.816. The van der Waals surface area contributed by atoms with Crippen molar-refractivity contribution in [3.05, 3.63) is 23.8 Å². The van der Waals surface area contributed by atoms with E-state index in [1.54, 1.807) is 0 Å². The summed E-state index contributed by atoms with van der Waals surface area (Å²) in [6, 6.07) is 4.00. The zero-order chi connectivity index (χ0) is 39.2. The normalized spacial score (nSPS) is 12.0. The number of rotatable bonds is 40. The van der Waals surface area contributed by atoms with Gasteiger partial charge in [-0.1, -0.05) is 201 Å². The van der Waals surface area contributed by atoms with Gasteiger partial charge in [0.2, 0.25) is 5.75 Å². The molecule has 5 heteroatoms. The molecule has 0 aliphatic carbocycles. The Morgan fingerprint density at radius 2 is 0.833 bits per heavy atom. The fourth-order valence-electron chi connectivity index (χ4n) is 6.87. The standard InChI is InChI=1S/C49H88O5/c1-6-10-13-16-19-22-25-28-31-34-41-51-46-39-37-45(38-40-47(50)54-44(5)9-4)48(52-42-35-32-29-26-23-20-17-14-11-7-2)49(46)53-43-36-33-30-27-24-21-18-15-12-8-3/h37-40,44H,6-36,41-43H2,1-5H3. The molecule has 314 valence electrons. The van der Waals surface area contributed by atoms with Gasteiger partial charge in [0.1, 0.15) is 0 Å². The first-order chi connectivity index (χ1) is 26.6. The lowest BCUT2D eigenvalue weighted by atomic mass is 10.1. The number of unbranched alkanes of at least 4 members (excludes halogenated alkanes) is 27. The van der Waals surface area contributed by atoms with Gasteiger partial charge in [-0.3, -0.25) is 0 Å². The maximum atomic E-state index is 12.6. The van der Waals surface area contributed by atoms with Gasteiger partial charge in [-0.05, 0) is 50.8 Å². The fourth-order valence-corrected chi connectivity index (χ4v) is 6.87. The molecule has 0 amide bonds. The van der Waals surface area contributed by atoms with Gasteiger partial charge in [0.15, 0.2) is 11.5 Å². The summed E-state index contributed by atoms with van der Waals surface area (Å²) in [5, 5.41) is 0. The van der Waals surface area contributed by atoms with Crippen LogP contribution in [-0.2, 0) is 9.53 Å². The van der Waals surface area contributed by atoms with Crippen LogP contribution in [0, 0.1) is 0 Å². The molecule has 0 aromatic heterocycles. The number of esters is 1. The molecular weight excluding hydrogens is 669 g/mol. The van der Waals surface area contributed by atoms with E-state index >= 15 is 0 Å². The third-order valence-electron chi connectivity index (χ3n) is 10.6. The van der Waals surface area contributed by atoms with Gasteiger partial charge in [0, 0.05) is 11.6 Å². The largest absolute Gasteiger partial charge is 0.490 e. The number of hydrogen-bond acceptors (Lipinski definition) is 5. The summed E-state index contributed by atoms with van der Waals surface area (Å²) in [6.45, 7) is 12.7. The summed E-state index contributed by atoms with van der Waals surface area (Å²) in [4.78, 5) is 12.6. The molecule has 0 N–H and O–H groups in total. The minimum atomic E-state index is -0.334. The summed E-state index contributed by atoms with van der Waals surface area (Å²) in [7, 11) is 0. The van der Waals surface area contributed by atoms with Crippen LogP contribution in [0.4, 0.5) is 0 Å². The van der Waals surface area contributed by atoms with Crippen molar-refractivity contribution in [1.29, 1.82) is 0 Å². The topological polar surface area (TPSA) is 54.0 Å². The first kappa shape index (κ1) is 49.8. The van der Waals surface area contributed by atoms with E-state index in [2.05, 4.69) is 20.8 Å². The molecular formula is C49H88O5. The molecule has 1 unspecified atom stereocenters. The van der Waals surface area contributed by atoms with E-state index in [0.717, 1.165) is 43.4 Å². The van der Waals surface area contributed by atoms with E-state index in [1.807, 2.05) is 32.1 Å². The van der Waals surface area contributed by atoms with Gasteiger partial charge in [0.05, 0.1) is 25.9 Å². The van der Waals surface area contributed by atoms with Gasteiger partial charge < -0.3 is 18.9 Å². The molecule has 0 heterocycles. The van der Waals surface area contributed by atoms with Crippen LogP contribution in [0.15, 0.2) is 18.2 Å². The first-order valence-corrected chi connectivity index (χ1v) is 23.5. The molecule has 5 nitrogen and oxygen atoms in total. The van der Waals surface area contributed by atoms with Crippen molar-refractivity contribution in [2.45, 2.75) is 240 Å². The van der Waals surface area contributed by atoms with E-state index in [0.29, 0.717) is 31.3 Å². The number of ether oxygens (including phenoxy) is 4. The van der Waals surface area contributed by atoms with E-state index in [4.69, 9.17) is 18.9 Å². The lowest BCUT2D eigenvalue weighted by Gasteiger charge is -2.19. The van der Waals surface area contributed by atoms with Crippen LogP contribution in [-0.4, -0.2) is 31.9 Å². The summed E-state index contributed by atoms with van der Waals surface area (Å²) in [5.74, 6) is 1.78. The summed E-state index contributed by atoms with van der Waals surface area (Å²) in [6.07, 6.45) is 42.7. The monoisotopic (exact) mass is 757 g/mol. The van der Waals surface area contributed by atoms with Crippen LogP contribution in [0.3, 0.4) is 0 Å². The first-order valence-electron chi connectivity index (χ1n) is 23.5. The highest BCUT2D eigenvalue weighted by molar-refractivity contribution is 5.88. The van der Waals surface area contributed by atoms with Gasteiger partial charge in [-0.2, -0.15) is 0 Å². The van der Waals surface area contributed by atoms with Gasteiger partial charge >= 0.3 is 5.97 Å². The van der Waals surface area contributed by atoms with Crippen LogP contribution in [0.1, 0.15) is 239 Å². The predicted molar refractivity (Wildman–Crippen MR) is 233 cm³/mol. The maximum absolute atomic E-state index is 12.6. The molecule has 0 fully saturated rings. The molecule has 0 bridgehead atoms. The predicted octanol–water partition coefficient (Wildman–Crippen LogP) is 15.9. The van der Waals surface area contributed by atoms with E-state index in [9.17, 15) is 4.79 Å². The zero-order valence-corrected chi connectivity index (χ0v) is 36.5. The average molecular weight is 757 g/mol. The molecule has 54 heavy (non-hydrogen) atoms. The Hall–Kier alpha value is -2.17. The summed E-state index contributed by atoms with van der Waals surface area (Å²) in [5.41, 5.74) is 0.826. The van der Waals surface area contributed by atoms with Crippen LogP contribution >= 0.6 is 0 Å². The quantitative estimate of drug-likeness (QED) is 0.0379. The molecule has 0 spiro atoms. The Kier molecular flexibility index (Phi) is 34.8. The second-order valence-corrected chi connectivity index (χ2v) is 15.9. The Bertz CT molecular complexity index is 1000. The smallest absolute Gasteiger partial charge is 0.331 e. The second-order valence-electron chi connectivity index (χ2n) is 15.9. The second kappa shape index (κ2) is 37.7. The van der Waals surface area contributed by atoms with Crippen molar-refractivity contribution >= 4 is 12.0 Å². The number of benzene rings is 1. The Morgan fingerprint density at radius 1 is 0.481 bits per heavy atom. The zero-order valence-electron chi connectivity index (χ0n) is 36.5. The van der Waals surface area contributed by atoms with Crippen LogP contribution < -0.4 is 14.2 Å². The van der Waals surface area contributed by atoms with Gasteiger partial charge in [-0.15, -0.1) is 0 Å².